The van der Waals surface area contributed by atoms with Gasteiger partial charge in [-0.1, -0.05) is 12.1 Å². The maximum atomic E-state index is 5.75. The van der Waals surface area contributed by atoms with Gasteiger partial charge < -0.3 is 11.1 Å². The third kappa shape index (κ3) is 4.12. The van der Waals surface area contributed by atoms with Crippen molar-refractivity contribution in [2.75, 3.05) is 6.54 Å². The van der Waals surface area contributed by atoms with Crippen LogP contribution in [0.1, 0.15) is 19.4 Å². The van der Waals surface area contributed by atoms with Crippen molar-refractivity contribution in [3.05, 3.63) is 48.3 Å². The van der Waals surface area contributed by atoms with Crippen LogP contribution in [-0.2, 0) is 6.42 Å². The molecule has 1 heterocycles. The second kappa shape index (κ2) is 6.75. The smallest absolute Gasteiger partial charge is 0.188 e. The minimum atomic E-state index is 0.312. The van der Waals surface area contributed by atoms with Gasteiger partial charge in [0, 0.05) is 25.0 Å². The van der Waals surface area contributed by atoms with E-state index in [2.05, 4.69) is 39.7 Å². The molecule has 106 valence electrons. The minimum Gasteiger partial charge on any atom is -0.370 e. The molecule has 20 heavy (non-hydrogen) atoms. The van der Waals surface area contributed by atoms with E-state index in [0.29, 0.717) is 18.5 Å². The Balaban J connectivity index is 1.88. The number of hydrogen-bond acceptors (Lipinski definition) is 2. The van der Waals surface area contributed by atoms with Gasteiger partial charge in [-0.2, -0.15) is 5.10 Å². The quantitative estimate of drug-likeness (QED) is 0.643. The molecular weight excluding hydrogens is 250 g/mol. The van der Waals surface area contributed by atoms with Crippen LogP contribution in [0.2, 0.25) is 0 Å². The number of guanidine groups is 1. The zero-order valence-electron chi connectivity index (χ0n) is 12.0. The SMILES string of the molecule is CC(C)NC(N)=NCCc1ccc(-n2cccn2)cc1. The highest BCUT2D eigenvalue weighted by atomic mass is 15.3. The molecule has 5 nitrogen and oxygen atoms in total. The highest BCUT2D eigenvalue weighted by Crippen LogP contribution is 2.09. The van der Waals surface area contributed by atoms with Crippen LogP contribution in [0.5, 0.6) is 0 Å². The van der Waals surface area contributed by atoms with E-state index in [1.54, 1.807) is 6.20 Å². The molecule has 3 N–H and O–H groups in total. The summed E-state index contributed by atoms with van der Waals surface area (Å²) >= 11 is 0. The lowest BCUT2D eigenvalue weighted by atomic mass is 10.1. The molecule has 0 fully saturated rings. The molecule has 0 amide bonds. The summed E-state index contributed by atoms with van der Waals surface area (Å²) in [5.41, 5.74) is 8.05. The Kier molecular flexibility index (Phi) is 4.76. The van der Waals surface area contributed by atoms with E-state index in [4.69, 9.17) is 5.73 Å². The zero-order valence-corrected chi connectivity index (χ0v) is 12.0. The molecule has 1 aromatic heterocycles. The Morgan fingerprint density at radius 3 is 2.70 bits per heavy atom. The average molecular weight is 271 g/mol. The van der Waals surface area contributed by atoms with E-state index in [1.807, 2.05) is 30.8 Å². The van der Waals surface area contributed by atoms with Gasteiger partial charge in [0.15, 0.2) is 5.96 Å². The molecule has 2 rings (SSSR count). The molecule has 0 bridgehead atoms. The number of aromatic nitrogens is 2. The molecule has 0 aliphatic heterocycles. The number of aliphatic imine (C=N–C) groups is 1. The number of hydrogen-bond donors (Lipinski definition) is 2. The van der Waals surface area contributed by atoms with Gasteiger partial charge in [-0.15, -0.1) is 0 Å². The van der Waals surface area contributed by atoms with Gasteiger partial charge in [0.25, 0.3) is 0 Å². The van der Waals surface area contributed by atoms with E-state index in [9.17, 15) is 0 Å². The standard InChI is InChI=1S/C15H21N5/c1-12(2)19-15(16)17-10-8-13-4-6-14(7-5-13)20-11-3-9-18-20/h3-7,9,11-12H,8,10H2,1-2H3,(H3,16,17,19). The van der Waals surface area contributed by atoms with Crippen LogP contribution < -0.4 is 11.1 Å². The second-order valence-electron chi connectivity index (χ2n) is 4.93. The van der Waals surface area contributed by atoms with Crippen LogP contribution in [0.15, 0.2) is 47.7 Å². The highest BCUT2D eigenvalue weighted by Gasteiger charge is 1.98. The third-order valence-electron chi connectivity index (χ3n) is 2.82. The van der Waals surface area contributed by atoms with Crippen molar-refractivity contribution in [3.8, 4) is 5.69 Å². The van der Waals surface area contributed by atoms with E-state index in [-0.39, 0.29) is 0 Å². The molecular formula is C15H21N5. The van der Waals surface area contributed by atoms with Crippen molar-refractivity contribution >= 4 is 5.96 Å². The Morgan fingerprint density at radius 2 is 2.10 bits per heavy atom. The van der Waals surface area contributed by atoms with Crippen molar-refractivity contribution in [2.45, 2.75) is 26.3 Å². The third-order valence-corrected chi connectivity index (χ3v) is 2.82. The van der Waals surface area contributed by atoms with Gasteiger partial charge in [-0.3, -0.25) is 4.99 Å². The zero-order chi connectivity index (χ0) is 14.4. The Hall–Kier alpha value is -2.30. The molecule has 1 aromatic carbocycles. The first-order chi connectivity index (χ1) is 9.65. The summed E-state index contributed by atoms with van der Waals surface area (Å²) in [6, 6.07) is 10.5. The van der Waals surface area contributed by atoms with Crippen molar-refractivity contribution in [2.24, 2.45) is 10.7 Å². The lowest BCUT2D eigenvalue weighted by Crippen LogP contribution is -2.36. The highest BCUT2D eigenvalue weighted by molar-refractivity contribution is 5.78. The topological polar surface area (TPSA) is 68.2 Å². The van der Waals surface area contributed by atoms with Gasteiger partial charge >= 0.3 is 0 Å². The summed E-state index contributed by atoms with van der Waals surface area (Å²) in [5, 5.41) is 7.27. The number of rotatable bonds is 5. The van der Waals surface area contributed by atoms with Crippen LogP contribution in [-0.4, -0.2) is 28.3 Å². The largest absolute Gasteiger partial charge is 0.370 e. The molecule has 0 radical (unpaired) electrons. The predicted molar refractivity (Wildman–Crippen MR) is 82.0 cm³/mol. The second-order valence-corrected chi connectivity index (χ2v) is 4.93. The summed E-state index contributed by atoms with van der Waals surface area (Å²) in [6.45, 7) is 4.76. The van der Waals surface area contributed by atoms with E-state index in [1.165, 1.54) is 5.56 Å². The fourth-order valence-electron chi connectivity index (χ4n) is 1.88. The van der Waals surface area contributed by atoms with Crippen LogP contribution in [0.4, 0.5) is 0 Å². The van der Waals surface area contributed by atoms with Crippen molar-refractivity contribution < 1.29 is 0 Å². The summed E-state index contributed by atoms with van der Waals surface area (Å²) in [6.07, 6.45) is 4.57. The number of benzene rings is 1. The summed E-state index contributed by atoms with van der Waals surface area (Å²) in [7, 11) is 0. The molecule has 2 aromatic rings. The lowest BCUT2D eigenvalue weighted by Gasteiger charge is -2.08. The fraction of sp³-hybridized carbons (Fsp3) is 0.333. The van der Waals surface area contributed by atoms with Crippen LogP contribution >= 0.6 is 0 Å². The molecule has 0 aliphatic rings. The molecule has 5 heteroatoms. The normalized spacial score (nSPS) is 11.8. The molecule has 0 unspecified atom stereocenters. The first-order valence-electron chi connectivity index (χ1n) is 6.80. The van der Waals surface area contributed by atoms with E-state index in [0.717, 1.165) is 12.1 Å². The predicted octanol–water partition coefficient (Wildman–Crippen LogP) is 1.73. The van der Waals surface area contributed by atoms with Crippen LogP contribution in [0.3, 0.4) is 0 Å². The summed E-state index contributed by atoms with van der Waals surface area (Å²) in [4.78, 5) is 4.30. The van der Waals surface area contributed by atoms with E-state index < -0.39 is 0 Å². The Labute approximate surface area is 119 Å². The van der Waals surface area contributed by atoms with Crippen molar-refractivity contribution in [1.29, 1.82) is 0 Å². The maximum absolute atomic E-state index is 5.75. The van der Waals surface area contributed by atoms with Crippen LogP contribution in [0.25, 0.3) is 5.69 Å². The molecule has 0 atom stereocenters. The maximum Gasteiger partial charge on any atom is 0.188 e. The molecule has 0 saturated heterocycles. The number of nitrogens with one attached hydrogen (secondary N) is 1. The fourth-order valence-corrected chi connectivity index (χ4v) is 1.88. The summed E-state index contributed by atoms with van der Waals surface area (Å²) < 4.78 is 1.84. The van der Waals surface area contributed by atoms with Crippen LogP contribution in [0, 0.1) is 0 Å². The Morgan fingerprint density at radius 1 is 1.35 bits per heavy atom. The first-order valence-corrected chi connectivity index (χ1v) is 6.80. The van der Waals surface area contributed by atoms with Gasteiger partial charge in [0.05, 0.1) is 5.69 Å². The molecule has 0 aliphatic carbocycles. The Bertz CT molecular complexity index is 540. The number of nitrogens with zero attached hydrogens (tertiary/aromatic N) is 3. The van der Waals surface area contributed by atoms with Gasteiger partial charge in [-0.25, -0.2) is 4.68 Å². The molecule has 0 saturated carbocycles. The van der Waals surface area contributed by atoms with Crippen molar-refractivity contribution in [3.63, 3.8) is 0 Å². The monoisotopic (exact) mass is 271 g/mol. The van der Waals surface area contributed by atoms with Gasteiger partial charge in [0.1, 0.15) is 0 Å². The first kappa shape index (κ1) is 14.1. The van der Waals surface area contributed by atoms with E-state index >= 15 is 0 Å². The average Bonchev–Trinajstić information content (AvgIpc) is 2.92. The van der Waals surface area contributed by atoms with Gasteiger partial charge in [0.2, 0.25) is 0 Å². The molecule has 0 spiro atoms. The number of nitrogens with two attached hydrogens (primary N) is 1. The summed E-state index contributed by atoms with van der Waals surface area (Å²) in [5.74, 6) is 0.508. The van der Waals surface area contributed by atoms with Gasteiger partial charge in [-0.05, 0) is 44.0 Å². The van der Waals surface area contributed by atoms with Crippen molar-refractivity contribution in [1.82, 2.24) is 15.1 Å². The minimum absolute atomic E-state index is 0.312. The lowest BCUT2D eigenvalue weighted by molar-refractivity contribution is 0.723.